The molecule has 0 unspecified atom stereocenters. The van der Waals surface area contributed by atoms with Crippen molar-refractivity contribution in [1.29, 1.82) is 0 Å². The lowest BCUT2D eigenvalue weighted by Crippen LogP contribution is -2.03. The van der Waals surface area contributed by atoms with Crippen molar-refractivity contribution in [3.63, 3.8) is 0 Å². The van der Waals surface area contributed by atoms with Crippen molar-refractivity contribution in [3.05, 3.63) is 99.9 Å². The third-order valence-electron chi connectivity index (χ3n) is 6.73. The zero-order valence-electron chi connectivity index (χ0n) is 21.7. The highest BCUT2D eigenvalue weighted by Crippen LogP contribution is 2.39. The molecule has 0 bridgehead atoms. The summed E-state index contributed by atoms with van der Waals surface area (Å²) in [7, 11) is 1.34. The third-order valence-corrected chi connectivity index (χ3v) is 7.36. The number of ether oxygens (including phenoxy) is 2. The molecular formula is C31H26Cl2N2O4. The number of hydrogen-bond acceptors (Lipinski definition) is 6. The molecule has 6 nitrogen and oxygen atoms in total. The van der Waals surface area contributed by atoms with E-state index in [0.29, 0.717) is 27.1 Å². The van der Waals surface area contributed by atoms with Crippen molar-refractivity contribution in [2.75, 3.05) is 7.11 Å². The van der Waals surface area contributed by atoms with Gasteiger partial charge in [-0.15, -0.1) is 0 Å². The highest BCUT2D eigenvalue weighted by molar-refractivity contribution is 6.39. The number of aromatic nitrogens is 2. The van der Waals surface area contributed by atoms with E-state index in [-0.39, 0.29) is 18.2 Å². The molecular weight excluding hydrogens is 535 g/mol. The van der Waals surface area contributed by atoms with Crippen molar-refractivity contribution in [3.8, 4) is 28.1 Å². The maximum absolute atomic E-state index is 11.8. The Morgan fingerprint density at radius 1 is 0.974 bits per heavy atom. The average Bonchev–Trinajstić information content (AvgIpc) is 3.38. The van der Waals surface area contributed by atoms with Gasteiger partial charge in [-0.2, -0.15) is 0 Å². The van der Waals surface area contributed by atoms with Crippen LogP contribution in [-0.4, -0.2) is 23.2 Å². The van der Waals surface area contributed by atoms with Crippen molar-refractivity contribution in [1.82, 2.24) is 10.1 Å². The molecule has 0 N–H and O–H groups in total. The van der Waals surface area contributed by atoms with Gasteiger partial charge in [0.05, 0.1) is 28.2 Å². The Bertz CT molecular complexity index is 1630. The molecule has 2 aromatic heterocycles. The van der Waals surface area contributed by atoms with Gasteiger partial charge in [0.25, 0.3) is 0 Å². The molecule has 39 heavy (non-hydrogen) atoms. The molecule has 5 aromatic rings. The number of methoxy groups -OCH3 is 1. The van der Waals surface area contributed by atoms with Crippen LogP contribution >= 0.6 is 23.2 Å². The zero-order valence-corrected chi connectivity index (χ0v) is 23.2. The maximum Gasteiger partial charge on any atom is 0.356 e. The van der Waals surface area contributed by atoms with Gasteiger partial charge in [-0.3, -0.25) is 0 Å². The summed E-state index contributed by atoms with van der Waals surface area (Å²) in [6.07, 6.45) is 0.887. The number of hydrogen-bond donors (Lipinski definition) is 0. The van der Waals surface area contributed by atoms with E-state index >= 15 is 0 Å². The fourth-order valence-corrected chi connectivity index (χ4v) is 4.95. The maximum atomic E-state index is 11.8. The van der Waals surface area contributed by atoms with E-state index in [1.54, 1.807) is 24.3 Å². The van der Waals surface area contributed by atoms with Gasteiger partial charge in [0.15, 0.2) is 0 Å². The van der Waals surface area contributed by atoms with E-state index < -0.39 is 5.97 Å². The summed E-state index contributed by atoms with van der Waals surface area (Å²) in [5, 5.41) is 6.27. The lowest BCUT2D eigenvalue weighted by atomic mass is 9.98. The van der Waals surface area contributed by atoms with E-state index in [0.717, 1.165) is 39.8 Å². The van der Waals surface area contributed by atoms with Crippen LogP contribution in [0, 0.1) is 0 Å². The second-order valence-electron chi connectivity index (χ2n) is 9.19. The fraction of sp³-hybridized carbons (Fsp3) is 0.194. The summed E-state index contributed by atoms with van der Waals surface area (Å²) in [5.74, 6) is 1.16. The fourth-order valence-electron chi connectivity index (χ4n) is 4.38. The van der Waals surface area contributed by atoms with Crippen LogP contribution in [0.4, 0.5) is 0 Å². The lowest BCUT2D eigenvalue weighted by Gasteiger charge is -2.12. The van der Waals surface area contributed by atoms with E-state index in [1.165, 1.54) is 7.11 Å². The number of carbonyl (C=O) groups excluding carboxylic acids is 1. The number of nitrogens with zero attached hydrogens (tertiary/aromatic N) is 2. The molecule has 3 aromatic carbocycles. The Morgan fingerprint density at radius 2 is 1.69 bits per heavy atom. The van der Waals surface area contributed by atoms with E-state index in [4.69, 9.17) is 37.2 Å². The lowest BCUT2D eigenvalue weighted by molar-refractivity contribution is 0.0594. The molecule has 198 valence electrons. The minimum absolute atomic E-state index is 0.152. The van der Waals surface area contributed by atoms with Crippen molar-refractivity contribution < 1.29 is 18.8 Å². The number of fused-ring (bicyclic) bond motifs is 1. The van der Waals surface area contributed by atoms with Gasteiger partial charge in [0.1, 0.15) is 29.5 Å². The third kappa shape index (κ3) is 5.49. The molecule has 0 radical (unpaired) electrons. The molecule has 8 heteroatoms. The molecule has 0 aliphatic carbocycles. The van der Waals surface area contributed by atoms with Crippen molar-refractivity contribution in [2.24, 2.45) is 0 Å². The minimum Gasteiger partial charge on any atom is -0.489 e. The first-order valence-corrected chi connectivity index (χ1v) is 13.3. The van der Waals surface area contributed by atoms with Gasteiger partial charge < -0.3 is 14.0 Å². The molecule has 1 atom stereocenters. The van der Waals surface area contributed by atoms with Crippen LogP contribution < -0.4 is 4.74 Å². The average molecular weight is 561 g/mol. The molecule has 0 saturated heterocycles. The van der Waals surface area contributed by atoms with Gasteiger partial charge in [-0.05, 0) is 60.0 Å². The number of esters is 1. The van der Waals surface area contributed by atoms with E-state index in [1.807, 2.05) is 48.5 Å². The Labute approximate surface area is 236 Å². The quantitative estimate of drug-likeness (QED) is 0.176. The highest BCUT2D eigenvalue weighted by Gasteiger charge is 2.24. The number of pyridine rings is 1. The van der Waals surface area contributed by atoms with Gasteiger partial charge >= 0.3 is 5.97 Å². The molecule has 0 fully saturated rings. The Balaban J connectivity index is 1.38. The first-order chi connectivity index (χ1) is 18.9. The van der Waals surface area contributed by atoms with Crippen LogP contribution in [0.2, 0.25) is 10.0 Å². The largest absolute Gasteiger partial charge is 0.489 e. The van der Waals surface area contributed by atoms with E-state index in [9.17, 15) is 4.79 Å². The minimum atomic E-state index is -0.457. The van der Waals surface area contributed by atoms with Crippen LogP contribution in [0.5, 0.6) is 5.75 Å². The number of carbonyl (C=O) groups is 1. The van der Waals surface area contributed by atoms with Gasteiger partial charge in [0, 0.05) is 16.9 Å². The van der Waals surface area contributed by atoms with Gasteiger partial charge in [0.2, 0.25) is 0 Å². The Kier molecular flexibility index (Phi) is 7.87. The first-order valence-electron chi connectivity index (χ1n) is 12.5. The molecule has 0 spiro atoms. The van der Waals surface area contributed by atoms with Crippen LogP contribution in [0.25, 0.3) is 33.3 Å². The second kappa shape index (κ2) is 11.5. The molecule has 0 aliphatic heterocycles. The van der Waals surface area contributed by atoms with Crippen LogP contribution in [0.1, 0.15) is 48.0 Å². The Morgan fingerprint density at radius 3 is 2.38 bits per heavy atom. The van der Waals surface area contributed by atoms with Crippen molar-refractivity contribution in [2.45, 2.75) is 32.8 Å². The van der Waals surface area contributed by atoms with Crippen LogP contribution in [-0.2, 0) is 11.3 Å². The zero-order chi connectivity index (χ0) is 27.5. The summed E-state index contributed by atoms with van der Waals surface area (Å²) in [5.41, 5.74) is 5.11. The SMILES string of the molecule is CC[C@H](C)c1onc(-c2c(Cl)cccc2Cl)c1COc1ccc(-c2ccc3nc(C(=O)OC)ccc3c2)cc1. The number of benzene rings is 3. The van der Waals surface area contributed by atoms with Crippen LogP contribution in [0.15, 0.2) is 77.3 Å². The van der Waals surface area contributed by atoms with Crippen LogP contribution in [0.3, 0.4) is 0 Å². The molecule has 0 saturated carbocycles. The second-order valence-corrected chi connectivity index (χ2v) is 10.0. The smallest absolute Gasteiger partial charge is 0.356 e. The normalized spacial score (nSPS) is 11.9. The predicted octanol–water partition coefficient (Wildman–Crippen LogP) is 8.74. The summed E-state index contributed by atoms with van der Waals surface area (Å²) in [4.78, 5) is 16.2. The molecule has 0 amide bonds. The molecule has 5 rings (SSSR count). The van der Waals surface area contributed by atoms with Crippen molar-refractivity contribution >= 4 is 40.1 Å². The topological polar surface area (TPSA) is 74.5 Å². The Hall–Kier alpha value is -3.87. The molecule has 0 aliphatic rings. The predicted molar refractivity (Wildman–Crippen MR) is 154 cm³/mol. The standard InChI is InChI=1S/C31H26Cl2N2O4/c1-4-18(2)30-23(29(35-39-30)28-24(32)6-5-7-25(28)33)17-38-22-12-8-19(9-13-22)20-10-14-26-21(16-20)11-15-27(34-26)31(36)37-3/h5-16,18H,4,17H2,1-3H3/t18-/m0/s1. The number of rotatable bonds is 8. The summed E-state index contributed by atoms with van der Waals surface area (Å²) in [6, 6.07) is 22.7. The first kappa shape index (κ1) is 26.7. The molecule has 2 heterocycles. The van der Waals surface area contributed by atoms with Gasteiger partial charge in [-0.25, -0.2) is 9.78 Å². The summed E-state index contributed by atoms with van der Waals surface area (Å²) in [6.45, 7) is 4.44. The van der Waals surface area contributed by atoms with E-state index in [2.05, 4.69) is 24.0 Å². The summed E-state index contributed by atoms with van der Waals surface area (Å²) >= 11 is 13.0. The number of halogens is 2. The summed E-state index contributed by atoms with van der Waals surface area (Å²) < 4.78 is 16.7. The highest BCUT2D eigenvalue weighted by atomic mass is 35.5. The monoisotopic (exact) mass is 560 g/mol. The van der Waals surface area contributed by atoms with Gasteiger partial charge in [-0.1, -0.05) is 72.5 Å².